The highest BCUT2D eigenvalue weighted by molar-refractivity contribution is 14.1. The molecular formula is C13H18IN3O2. The van der Waals surface area contributed by atoms with Crippen LogP contribution in [0.4, 0.5) is 5.82 Å². The van der Waals surface area contributed by atoms with Crippen molar-refractivity contribution in [3.05, 3.63) is 15.1 Å². The van der Waals surface area contributed by atoms with Gasteiger partial charge in [-0.1, -0.05) is 0 Å². The number of rotatable bonds is 4. The van der Waals surface area contributed by atoms with Crippen LogP contribution in [-0.4, -0.2) is 36.3 Å². The number of hydrogen-bond donors (Lipinski definition) is 1. The van der Waals surface area contributed by atoms with Gasteiger partial charge in [0.05, 0.1) is 29.1 Å². The van der Waals surface area contributed by atoms with E-state index < -0.39 is 0 Å². The lowest BCUT2D eigenvalue weighted by molar-refractivity contribution is -0.0935. The van der Waals surface area contributed by atoms with Gasteiger partial charge >= 0.3 is 0 Å². The normalized spacial score (nSPS) is 23.4. The zero-order valence-electron chi connectivity index (χ0n) is 11.0. The van der Waals surface area contributed by atoms with E-state index in [1.807, 2.05) is 0 Å². The molecule has 1 atom stereocenters. The van der Waals surface area contributed by atoms with Gasteiger partial charge in [0.15, 0.2) is 5.82 Å². The number of nitrogens with one attached hydrogen (secondary N) is 1. The van der Waals surface area contributed by atoms with Gasteiger partial charge in [0.25, 0.3) is 0 Å². The predicted octanol–water partition coefficient (Wildman–Crippen LogP) is 2.48. The molecule has 1 aromatic heterocycles. The highest BCUT2D eigenvalue weighted by atomic mass is 127. The van der Waals surface area contributed by atoms with Crippen molar-refractivity contribution in [3.63, 3.8) is 0 Å². The lowest BCUT2D eigenvalue weighted by atomic mass is 10.2. The van der Waals surface area contributed by atoms with Crippen LogP contribution in [-0.2, 0) is 9.47 Å². The molecule has 0 amide bonds. The molecule has 0 bridgehead atoms. The fraction of sp³-hybridized carbons (Fsp3) is 0.692. The Balaban J connectivity index is 1.93. The van der Waals surface area contributed by atoms with E-state index in [4.69, 9.17) is 14.5 Å². The second kappa shape index (κ2) is 5.88. The first-order valence-electron chi connectivity index (χ1n) is 6.80. The molecule has 5 nitrogen and oxygen atoms in total. The number of anilines is 1. The van der Waals surface area contributed by atoms with Gasteiger partial charge in [-0.25, -0.2) is 9.97 Å². The van der Waals surface area contributed by atoms with Crippen LogP contribution in [0, 0.1) is 3.57 Å². The molecule has 104 valence electrons. The van der Waals surface area contributed by atoms with Gasteiger partial charge < -0.3 is 14.8 Å². The van der Waals surface area contributed by atoms with Gasteiger partial charge in [-0.2, -0.15) is 0 Å². The van der Waals surface area contributed by atoms with Crippen molar-refractivity contribution in [3.8, 4) is 0 Å². The summed E-state index contributed by atoms with van der Waals surface area (Å²) in [6.07, 6.45) is 2.35. The second-order valence-electron chi connectivity index (χ2n) is 4.87. The van der Waals surface area contributed by atoms with E-state index in [-0.39, 0.29) is 6.10 Å². The zero-order chi connectivity index (χ0) is 13.2. The van der Waals surface area contributed by atoms with Crippen molar-refractivity contribution < 1.29 is 9.47 Å². The Labute approximate surface area is 126 Å². The molecule has 0 spiro atoms. The van der Waals surface area contributed by atoms with Crippen molar-refractivity contribution in [1.82, 2.24) is 9.97 Å². The fourth-order valence-corrected chi connectivity index (χ4v) is 3.05. The number of aromatic nitrogens is 2. The van der Waals surface area contributed by atoms with E-state index in [1.165, 1.54) is 18.5 Å². The predicted molar refractivity (Wildman–Crippen MR) is 80.4 cm³/mol. The Morgan fingerprint density at radius 2 is 2.16 bits per heavy atom. The van der Waals surface area contributed by atoms with Crippen LogP contribution in [0.2, 0.25) is 0 Å². The molecule has 1 aliphatic carbocycles. The first-order chi connectivity index (χ1) is 9.29. The third kappa shape index (κ3) is 3.00. The van der Waals surface area contributed by atoms with Crippen molar-refractivity contribution >= 4 is 28.4 Å². The van der Waals surface area contributed by atoms with E-state index in [9.17, 15) is 0 Å². The highest BCUT2D eigenvalue weighted by Crippen LogP contribution is 2.42. The fourth-order valence-electron chi connectivity index (χ4n) is 2.18. The molecule has 2 fully saturated rings. The van der Waals surface area contributed by atoms with E-state index in [0.29, 0.717) is 25.7 Å². The summed E-state index contributed by atoms with van der Waals surface area (Å²) in [6.45, 7) is 4.77. The average Bonchev–Trinajstić information content (AvgIpc) is 3.27. The highest BCUT2D eigenvalue weighted by Gasteiger charge is 2.31. The first kappa shape index (κ1) is 13.5. The summed E-state index contributed by atoms with van der Waals surface area (Å²) in [6, 6.07) is 0. The van der Waals surface area contributed by atoms with Crippen molar-refractivity contribution in [1.29, 1.82) is 0 Å². The van der Waals surface area contributed by atoms with Gasteiger partial charge in [-0.3, -0.25) is 0 Å². The molecule has 2 heterocycles. The smallest absolute Gasteiger partial charge is 0.162 e. The van der Waals surface area contributed by atoms with Gasteiger partial charge in [-0.05, 0) is 42.4 Å². The lowest BCUT2D eigenvalue weighted by Gasteiger charge is -2.23. The largest absolute Gasteiger partial charge is 0.376 e. The molecule has 1 unspecified atom stereocenters. The van der Waals surface area contributed by atoms with Crippen LogP contribution in [0.25, 0.3) is 0 Å². The minimum absolute atomic E-state index is 0.124. The third-order valence-corrected chi connectivity index (χ3v) is 4.37. The standard InChI is InChI=1S/C13H18IN3O2/c1-2-15-13-10(14)11(8-3-4-8)16-12(17-13)9-7-18-5-6-19-9/h8-9H,2-7H2,1H3,(H,15,16,17). The Hall–Kier alpha value is -0.470. The minimum atomic E-state index is -0.124. The van der Waals surface area contributed by atoms with Crippen LogP contribution >= 0.6 is 22.6 Å². The van der Waals surface area contributed by atoms with Crippen LogP contribution < -0.4 is 5.32 Å². The Morgan fingerprint density at radius 3 is 2.79 bits per heavy atom. The molecular weight excluding hydrogens is 357 g/mol. The maximum atomic E-state index is 5.71. The third-order valence-electron chi connectivity index (χ3n) is 3.31. The van der Waals surface area contributed by atoms with Crippen LogP contribution in [0.3, 0.4) is 0 Å². The lowest BCUT2D eigenvalue weighted by Crippen LogP contribution is -2.24. The number of ether oxygens (including phenoxy) is 2. The Morgan fingerprint density at radius 1 is 1.32 bits per heavy atom. The van der Waals surface area contributed by atoms with Crippen LogP contribution in [0.5, 0.6) is 0 Å². The topological polar surface area (TPSA) is 56.3 Å². The first-order valence-corrected chi connectivity index (χ1v) is 7.88. The van der Waals surface area contributed by atoms with Gasteiger partial charge in [0, 0.05) is 12.5 Å². The quantitative estimate of drug-likeness (QED) is 0.820. The molecule has 1 saturated carbocycles. The van der Waals surface area contributed by atoms with Crippen molar-refractivity contribution in [2.75, 3.05) is 31.7 Å². The van der Waals surface area contributed by atoms with Crippen LogP contribution in [0.15, 0.2) is 0 Å². The summed E-state index contributed by atoms with van der Waals surface area (Å²) in [5.74, 6) is 2.30. The Bertz CT molecular complexity index is 459. The van der Waals surface area contributed by atoms with Crippen molar-refractivity contribution in [2.24, 2.45) is 0 Å². The second-order valence-corrected chi connectivity index (χ2v) is 5.95. The zero-order valence-corrected chi connectivity index (χ0v) is 13.1. The molecule has 3 rings (SSSR count). The van der Waals surface area contributed by atoms with Gasteiger partial charge in [-0.15, -0.1) is 0 Å². The number of nitrogens with zero attached hydrogens (tertiary/aromatic N) is 2. The molecule has 1 aliphatic heterocycles. The molecule has 0 aromatic carbocycles. The molecule has 1 saturated heterocycles. The average molecular weight is 375 g/mol. The summed E-state index contributed by atoms with van der Waals surface area (Å²) >= 11 is 2.35. The van der Waals surface area contributed by atoms with E-state index in [1.54, 1.807) is 0 Å². The molecule has 6 heteroatoms. The monoisotopic (exact) mass is 375 g/mol. The minimum Gasteiger partial charge on any atom is -0.376 e. The Kier molecular flexibility index (Phi) is 4.18. The maximum absolute atomic E-state index is 5.71. The maximum Gasteiger partial charge on any atom is 0.162 e. The summed E-state index contributed by atoms with van der Waals surface area (Å²) in [4.78, 5) is 9.36. The molecule has 19 heavy (non-hydrogen) atoms. The van der Waals surface area contributed by atoms with E-state index >= 15 is 0 Å². The number of halogens is 1. The number of hydrogen-bond acceptors (Lipinski definition) is 5. The summed E-state index contributed by atoms with van der Waals surface area (Å²) < 4.78 is 12.3. The summed E-state index contributed by atoms with van der Waals surface area (Å²) in [5, 5.41) is 3.32. The summed E-state index contributed by atoms with van der Waals surface area (Å²) in [5.41, 5.74) is 1.18. The summed E-state index contributed by atoms with van der Waals surface area (Å²) in [7, 11) is 0. The van der Waals surface area contributed by atoms with Crippen molar-refractivity contribution in [2.45, 2.75) is 31.8 Å². The van der Waals surface area contributed by atoms with E-state index in [0.717, 1.165) is 21.8 Å². The van der Waals surface area contributed by atoms with E-state index in [2.05, 4.69) is 39.8 Å². The molecule has 1 N–H and O–H groups in total. The van der Waals surface area contributed by atoms with Gasteiger partial charge in [0.1, 0.15) is 11.9 Å². The molecule has 2 aliphatic rings. The molecule has 0 radical (unpaired) electrons. The SMILES string of the molecule is CCNc1nc(C2COCCO2)nc(C2CC2)c1I. The van der Waals surface area contributed by atoms with Crippen LogP contribution in [0.1, 0.15) is 43.3 Å². The van der Waals surface area contributed by atoms with Gasteiger partial charge in [0.2, 0.25) is 0 Å². The molecule has 1 aromatic rings.